The quantitative estimate of drug-likeness (QED) is 0.943. The molecule has 0 bridgehead atoms. The summed E-state index contributed by atoms with van der Waals surface area (Å²) in [5.74, 6) is 1.74. The average molecular weight is 298 g/mol. The Labute approximate surface area is 131 Å². The number of benzene rings is 1. The second kappa shape index (κ2) is 6.32. The number of aromatic nitrogens is 2. The number of hydrogen-bond acceptors (Lipinski definition) is 5. The predicted molar refractivity (Wildman–Crippen MR) is 88.7 cm³/mol. The van der Waals surface area contributed by atoms with Crippen LogP contribution in [0.5, 0.6) is 0 Å². The average Bonchev–Trinajstić information content (AvgIpc) is 2.46. The molecule has 0 saturated carbocycles. The van der Waals surface area contributed by atoms with Gasteiger partial charge in [-0.1, -0.05) is 12.1 Å². The van der Waals surface area contributed by atoms with Crippen LogP contribution in [0.25, 0.3) is 0 Å². The first-order chi connectivity index (χ1) is 10.6. The van der Waals surface area contributed by atoms with E-state index in [-0.39, 0.29) is 12.2 Å². The fourth-order valence-corrected chi connectivity index (χ4v) is 2.82. The minimum Gasteiger partial charge on any atom is -0.372 e. The Hall–Kier alpha value is -2.14. The molecule has 2 aromatic rings. The maximum atomic E-state index is 5.78. The van der Waals surface area contributed by atoms with Crippen molar-refractivity contribution in [3.8, 4) is 0 Å². The third kappa shape index (κ3) is 3.54. The molecule has 3 rings (SSSR count). The first kappa shape index (κ1) is 14.8. The zero-order valence-corrected chi connectivity index (χ0v) is 13.3. The van der Waals surface area contributed by atoms with Crippen molar-refractivity contribution < 1.29 is 4.74 Å². The van der Waals surface area contributed by atoms with Crippen molar-refractivity contribution in [2.24, 2.45) is 0 Å². The van der Waals surface area contributed by atoms with Gasteiger partial charge in [0.25, 0.3) is 0 Å². The Bertz CT molecular complexity index is 636. The van der Waals surface area contributed by atoms with Crippen LogP contribution >= 0.6 is 0 Å². The molecule has 1 aromatic carbocycles. The topological polar surface area (TPSA) is 50.3 Å². The molecular formula is C17H22N4O. The van der Waals surface area contributed by atoms with E-state index in [0.29, 0.717) is 0 Å². The SMILES string of the molecule is Cc1cccc(Nc2cc(N3C[C@@H](C)O[C@@H](C)C3)ncn2)c1. The van der Waals surface area contributed by atoms with Crippen LogP contribution in [0.3, 0.4) is 0 Å². The van der Waals surface area contributed by atoms with E-state index in [1.165, 1.54) is 5.56 Å². The second-order valence-corrected chi connectivity index (χ2v) is 5.92. The van der Waals surface area contributed by atoms with Gasteiger partial charge in [-0.2, -0.15) is 0 Å². The standard InChI is InChI=1S/C17H22N4O/c1-12-5-4-6-15(7-12)20-16-8-17(19-11-18-16)21-9-13(2)22-14(3)10-21/h4-8,11,13-14H,9-10H2,1-3H3,(H,18,19,20)/t13-,14+. The Morgan fingerprint density at radius 1 is 1.14 bits per heavy atom. The van der Waals surface area contributed by atoms with E-state index in [4.69, 9.17) is 4.74 Å². The van der Waals surface area contributed by atoms with Gasteiger partial charge in [0, 0.05) is 24.8 Å². The van der Waals surface area contributed by atoms with Gasteiger partial charge in [0.15, 0.2) is 0 Å². The van der Waals surface area contributed by atoms with Crippen molar-refractivity contribution in [3.63, 3.8) is 0 Å². The highest BCUT2D eigenvalue weighted by Gasteiger charge is 2.23. The summed E-state index contributed by atoms with van der Waals surface area (Å²) >= 11 is 0. The summed E-state index contributed by atoms with van der Waals surface area (Å²) in [6, 6.07) is 10.2. The molecule has 1 saturated heterocycles. The molecule has 2 heterocycles. The van der Waals surface area contributed by atoms with Gasteiger partial charge in [0.2, 0.25) is 0 Å². The zero-order chi connectivity index (χ0) is 15.5. The lowest BCUT2D eigenvalue weighted by Crippen LogP contribution is -2.45. The van der Waals surface area contributed by atoms with Crippen LogP contribution in [0.2, 0.25) is 0 Å². The summed E-state index contributed by atoms with van der Waals surface area (Å²) in [6.45, 7) is 7.97. The van der Waals surface area contributed by atoms with Crippen molar-refractivity contribution >= 4 is 17.3 Å². The Balaban J connectivity index is 1.77. The van der Waals surface area contributed by atoms with Crippen LogP contribution in [0, 0.1) is 6.92 Å². The minimum absolute atomic E-state index is 0.215. The molecule has 0 unspecified atom stereocenters. The van der Waals surface area contributed by atoms with E-state index in [1.54, 1.807) is 6.33 Å². The highest BCUT2D eigenvalue weighted by Crippen LogP contribution is 2.22. The first-order valence-electron chi connectivity index (χ1n) is 7.66. The molecule has 0 aliphatic carbocycles. The van der Waals surface area contributed by atoms with E-state index in [1.807, 2.05) is 18.2 Å². The van der Waals surface area contributed by atoms with Crippen LogP contribution in [0.15, 0.2) is 36.7 Å². The molecule has 1 aliphatic heterocycles. The van der Waals surface area contributed by atoms with Gasteiger partial charge in [0.05, 0.1) is 12.2 Å². The Kier molecular flexibility index (Phi) is 4.24. The van der Waals surface area contributed by atoms with Crippen LogP contribution in [-0.4, -0.2) is 35.3 Å². The summed E-state index contributed by atoms with van der Waals surface area (Å²) in [7, 11) is 0. The van der Waals surface area contributed by atoms with E-state index >= 15 is 0 Å². The number of anilines is 3. The van der Waals surface area contributed by atoms with Crippen LogP contribution in [-0.2, 0) is 4.74 Å². The largest absolute Gasteiger partial charge is 0.372 e. The van der Waals surface area contributed by atoms with Crippen molar-refractivity contribution in [2.75, 3.05) is 23.3 Å². The van der Waals surface area contributed by atoms with Crippen molar-refractivity contribution in [2.45, 2.75) is 33.0 Å². The fraction of sp³-hybridized carbons (Fsp3) is 0.412. The van der Waals surface area contributed by atoms with Gasteiger partial charge in [-0.25, -0.2) is 9.97 Å². The lowest BCUT2D eigenvalue weighted by molar-refractivity contribution is -0.00546. The Morgan fingerprint density at radius 3 is 2.64 bits per heavy atom. The van der Waals surface area contributed by atoms with Crippen LogP contribution in [0.1, 0.15) is 19.4 Å². The molecule has 1 fully saturated rings. The lowest BCUT2D eigenvalue weighted by Gasteiger charge is -2.36. The number of hydrogen-bond donors (Lipinski definition) is 1. The molecule has 116 valence electrons. The molecule has 22 heavy (non-hydrogen) atoms. The van der Waals surface area contributed by atoms with Gasteiger partial charge in [0.1, 0.15) is 18.0 Å². The monoisotopic (exact) mass is 298 g/mol. The van der Waals surface area contributed by atoms with Crippen molar-refractivity contribution in [3.05, 3.63) is 42.2 Å². The minimum atomic E-state index is 0.215. The Morgan fingerprint density at radius 2 is 1.91 bits per heavy atom. The molecule has 1 aliphatic rings. The van der Waals surface area contributed by atoms with Gasteiger partial charge in [-0.15, -0.1) is 0 Å². The summed E-state index contributed by atoms with van der Waals surface area (Å²) in [5, 5.41) is 3.34. The van der Waals surface area contributed by atoms with Crippen molar-refractivity contribution in [1.29, 1.82) is 0 Å². The van der Waals surface area contributed by atoms with Gasteiger partial charge >= 0.3 is 0 Å². The summed E-state index contributed by atoms with van der Waals surface area (Å²) < 4.78 is 5.78. The molecule has 5 nitrogen and oxygen atoms in total. The van der Waals surface area contributed by atoms with E-state index < -0.39 is 0 Å². The van der Waals surface area contributed by atoms with Crippen LogP contribution in [0.4, 0.5) is 17.3 Å². The third-order valence-corrected chi connectivity index (χ3v) is 3.69. The normalized spacial score (nSPS) is 21.7. The molecule has 1 aromatic heterocycles. The number of aryl methyl sites for hydroxylation is 1. The lowest BCUT2D eigenvalue weighted by atomic mass is 10.2. The predicted octanol–water partition coefficient (Wildman–Crippen LogP) is 3.14. The maximum absolute atomic E-state index is 5.78. The fourth-order valence-electron chi connectivity index (χ4n) is 2.82. The highest BCUT2D eigenvalue weighted by molar-refractivity contribution is 5.60. The molecule has 5 heteroatoms. The number of nitrogens with one attached hydrogen (secondary N) is 1. The summed E-state index contributed by atoms with van der Waals surface area (Å²) in [5.41, 5.74) is 2.25. The van der Waals surface area contributed by atoms with Gasteiger partial charge in [-0.05, 0) is 38.5 Å². The smallest absolute Gasteiger partial charge is 0.135 e. The molecule has 0 radical (unpaired) electrons. The zero-order valence-electron chi connectivity index (χ0n) is 13.3. The molecule has 0 amide bonds. The van der Waals surface area contributed by atoms with Crippen LogP contribution < -0.4 is 10.2 Å². The first-order valence-corrected chi connectivity index (χ1v) is 7.66. The van der Waals surface area contributed by atoms with Gasteiger partial charge in [-0.3, -0.25) is 0 Å². The summed E-state index contributed by atoms with van der Waals surface area (Å²) in [4.78, 5) is 11.0. The molecule has 1 N–H and O–H groups in total. The number of morpholine rings is 1. The number of nitrogens with zero attached hydrogens (tertiary/aromatic N) is 3. The third-order valence-electron chi connectivity index (χ3n) is 3.69. The molecular weight excluding hydrogens is 276 g/mol. The number of rotatable bonds is 3. The van der Waals surface area contributed by atoms with E-state index in [9.17, 15) is 0 Å². The van der Waals surface area contributed by atoms with E-state index in [2.05, 4.69) is 53.1 Å². The van der Waals surface area contributed by atoms with E-state index in [0.717, 1.165) is 30.4 Å². The number of ether oxygens (including phenoxy) is 1. The summed E-state index contributed by atoms with van der Waals surface area (Å²) in [6.07, 6.45) is 2.04. The highest BCUT2D eigenvalue weighted by atomic mass is 16.5. The maximum Gasteiger partial charge on any atom is 0.135 e. The van der Waals surface area contributed by atoms with Crippen molar-refractivity contribution in [1.82, 2.24) is 9.97 Å². The molecule has 0 spiro atoms. The van der Waals surface area contributed by atoms with Gasteiger partial charge < -0.3 is 15.0 Å². The molecule has 2 atom stereocenters. The second-order valence-electron chi connectivity index (χ2n) is 5.92.